The topological polar surface area (TPSA) is 154 Å². The number of benzene rings is 1. The first kappa shape index (κ1) is 15.2. The highest BCUT2D eigenvalue weighted by Crippen LogP contribution is 2.35. The summed E-state index contributed by atoms with van der Waals surface area (Å²) < 4.78 is 28.5. The largest absolute Gasteiger partial charge is 0.420 e. The standard InChI is InChI=1S/C12H11N5O4S2/c1-5-9(10(13)17-16-5)11-15-7-3-2-6(4-8(7)22-11)23(19,20)21-12(14)18/h2-4H,1H3,(H2,14,18)(H3,13,16,17). The van der Waals surface area contributed by atoms with Gasteiger partial charge < -0.3 is 15.7 Å². The molecule has 2 aromatic heterocycles. The van der Waals surface area contributed by atoms with Crippen molar-refractivity contribution < 1.29 is 17.4 Å². The lowest BCUT2D eigenvalue weighted by molar-refractivity contribution is 0.212. The number of H-pyrrole nitrogens is 1. The van der Waals surface area contributed by atoms with Gasteiger partial charge in [-0.1, -0.05) is 0 Å². The molecule has 0 fully saturated rings. The Labute approximate surface area is 134 Å². The number of thiazole rings is 1. The average Bonchev–Trinajstić information content (AvgIpc) is 2.99. The van der Waals surface area contributed by atoms with Crippen LogP contribution in [-0.4, -0.2) is 29.7 Å². The van der Waals surface area contributed by atoms with E-state index in [1.54, 1.807) is 6.92 Å². The number of fused-ring (bicyclic) bond motifs is 1. The number of rotatable bonds is 3. The van der Waals surface area contributed by atoms with Gasteiger partial charge in [0.2, 0.25) is 0 Å². The molecular formula is C12H11N5O4S2. The molecule has 9 nitrogen and oxygen atoms in total. The van der Waals surface area contributed by atoms with Crippen LogP contribution >= 0.6 is 11.3 Å². The van der Waals surface area contributed by atoms with E-state index in [4.69, 9.17) is 11.5 Å². The van der Waals surface area contributed by atoms with E-state index >= 15 is 0 Å². The molecule has 5 N–H and O–H groups in total. The number of hydrogen-bond acceptors (Lipinski definition) is 8. The van der Waals surface area contributed by atoms with Crippen LogP contribution in [0, 0.1) is 6.92 Å². The highest BCUT2D eigenvalue weighted by Gasteiger charge is 2.21. The summed E-state index contributed by atoms with van der Waals surface area (Å²) in [7, 11) is -4.25. The fourth-order valence-electron chi connectivity index (χ4n) is 2.04. The summed E-state index contributed by atoms with van der Waals surface area (Å²) in [6.45, 7) is 1.81. The Balaban J connectivity index is 2.10. The minimum atomic E-state index is -4.25. The number of carbonyl (C=O) groups is 1. The number of nitrogen functional groups attached to an aromatic ring is 1. The van der Waals surface area contributed by atoms with E-state index in [2.05, 4.69) is 19.4 Å². The maximum absolute atomic E-state index is 11.9. The molecule has 3 rings (SSSR count). The highest BCUT2D eigenvalue weighted by molar-refractivity contribution is 7.87. The summed E-state index contributed by atoms with van der Waals surface area (Å²) in [4.78, 5) is 14.9. The van der Waals surface area contributed by atoms with Gasteiger partial charge in [-0.2, -0.15) is 13.5 Å². The average molecular weight is 353 g/mol. The van der Waals surface area contributed by atoms with Crippen molar-refractivity contribution in [3.63, 3.8) is 0 Å². The molecule has 2 heterocycles. The van der Waals surface area contributed by atoms with Gasteiger partial charge in [0, 0.05) is 5.69 Å². The molecular weight excluding hydrogens is 342 g/mol. The second-order valence-corrected chi connectivity index (χ2v) is 7.19. The fourth-order valence-corrected chi connectivity index (χ4v) is 4.04. The van der Waals surface area contributed by atoms with E-state index < -0.39 is 16.2 Å². The quantitative estimate of drug-likeness (QED) is 0.600. The van der Waals surface area contributed by atoms with Crippen molar-refractivity contribution >= 4 is 43.6 Å². The van der Waals surface area contributed by atoms with Crippen molar-refractivity contribution in [2.24, 2.45) is 5.73 Å². The molecule has 0 unspecified atom stereocenters. The number of primary amides is 1. The normalized spacial score (nSPS) is 11.7. The summed E-state index contributed by atoms with van der Waals surface area (Å²) in [5.74, 6) is 0.312. The smallest absolute Gasteiger partial charge is 0.382 e. The van der Waals surface area contributed by atoms with Crippen LogP contribution < -0.4 is 11.5 Å². The number of anilines is 1. The number of amides is 1. The maximum Gasteiger partial charge on any atom is 0.420 e. The Hall–Kier alpha value is -2.66. The van der Waals surface area contributed by atoms with Gasteiger partial charge in [0.1, 0.15) is 9.90 Å². The first-order valence-corrected chi connectivity index (χ1v) is 8.46. The Morgan fingerprint density at radius 1 is 1.39 bits per heavy atom. The van der Waals surface area contributed by atoms with Gasteiger partial charge in [0.15, 0.2) is 5.82 Å². The third-order valence-electron chi connectivity index (χ3n) is 3.03. The number of aromatic amines is 1. The van der Waals surface area contributed by atoms with E-state index in [-0.39, 0.29) is 4.90 Å². The predicted octanol–water partition coefficient (Wildman–Crippen LogP) is 1.36. The van der Waals surface area contributed by atoms with E-state index in [1.807, 2.05) is 0 Å². The number of nitrogens with zero attached hydrogens (tertiary/aromatic N) is 2. The summed E-state index contributed by atoms with van der Waals surface area (Å²) >= 11 is 1.25. The summed E-state index contributed by atoms with van der Waals surface area (Å²) in [5, 5.41) is 7.27. The minimum absolute atomic E-state index is 0.184. The molecule has 0 atom stereocenters. The zero-order valence-electron chi connectivity index (χ0n) is 11.7. The van der Waals surface area contributed by atoms with Crippen molar-refractivity contribution in [1.82, 2.24) is 15.2 Å². The molecule has 11 heteroatoms. The van der Waals surface area contributed by atoms with Crippen LogP contribution in [0.5, 0.6) is 0 Å². The third-order valence-corrected chi connectivity index (χ3v) is 5.28. The SMILES string of the molecule is Cc1[nH]nc(N)c1-c1nc2ccc(S(=O)(=O)OC(N)=O)cc2s1. The van der Waals surface area contributed by atoms with Crippen molar-refractivity contribution in [3.8, 4) is 10.6 Å². The number of nitrogens with two attached hydrogens (primary N) is 2. The van der Waals surface area contributed by atoms with Crippen molar-refractivity contribution in [3.05, 3.63) is 23.9 Å². The van der Waals surface area contributed by atoms with Crippen LogP contribution in [0.1, 0.15) is 5.69 Å². The lowest BCUT2D eigenvalue weighted by atomic mass is 10.2. The van der Waals surface area contributed by atoms with E-state index in [0.29, 0.717) is 26.6 Å². The van der Waals surface area contributed by atoms with Crippen molar-refractivity contribution in [1.29, 1.82) is 0 Å². The summed E-state index contributed by atoms with van der Waals surface area (Å²) in [6, 6.07) is 4.16. The molecule has 0 aliphatic carbocycles. The molecule has 120 valence electrons. The zero-order chi connectivity index (χ0) is 16.8. The van der Waals surface area contributed by atoms with E-state index in [1.165, 1.54) is 29.5 Å². The molecule has 0 radical (unpaired) electrons. The van der Waals surface area contributed by atoms with Gasteiger partial charge in [0.05, 0.1) is 15.8 Å². The van der Waals surface area contributed by atoms with Crippen LogP contribution in [0.2, 0.25) is 0 Å². The second-order valence-electron chi connectivity index (χ2n) is 4.61. The Morgan fingerprint density at radius 2 is 2.13 bits per heavy atom. The molecule has 1 aromatic carbocycles. The highest BCUT2D eigenvalue weighted by atomic mass is 32.2. The first-order valence-electron chi connectivity index (χ1n) is 6.23. The molecule has 0 aliphatic heterocycles. The van der Waals surface area contributed by atoms with Gasteiger partial charge in [-0.15, -0.1) is 11.3 Å². The van der Waals surface area contributed by atoms with Gasteiger partial charge >= 0.3 is 16.2 Å². The molecule has 0 saturated heterocycles. The Kier molecular flexibility index (Phi) is 3.45. The maximum atomic E-state index is 11.9. The van der Waals surface area contributed by atoms with Crippen LogP contribution in [0.25, 0.3) is 20.8 Å². The Bertz CT molecular complexity index is 1000. The molecule has 23 heavy (non-hydrogen) atoms. The minimum Gasteiger partial charge on any atom is -0.382 e. The van der Waals surface area contributed by atoms with Crippen molar-refractivity contribution in [2.75, 3.05) is 5.73 Å². The van der Waals surface area contributed by atoms with Gasteiger partial charge in [-0.05, 0) is 25.1 Å². The van der Waals surface area contributed by atoms with Crippen LogP contribution in [0.3, 0.4) is 0 Å². The molecule has 0 aliphatic rings. The van der Waals surface area contributed by atoms with Crippen LogP contribution in [-0.2, 0) is 14.3 Å². The lowest BCUT2D eigenvalue weighted by Crippen LogP contribution is -2.18. The molecule has 0 saturated carbocycles. The molecule has 1 amide bonds. The molecule has 0 spiro atoms. The van der Waals surface area contributed by atoms with E-state index in [9.17, 15) is 13.2 Å². The number of nitrogens with one attached hydrogen (secondary N) is 1. The fraction of sp³-hybridized carbons (Fsp3) is 0.0833. The van der Waals surface area contributed by atoms with Crippen LogP contribution in [0.4, 0.5) is 10.6 Å². The number of hydrogen-bond donors (Lipinski definition) is 3. The summed E-state index contributed by atoms with van der Waals surface area (Å²) in [6.07, 6.45) is -1.39. The molecule has 0 bridgehead atoms. The van der Waals surface area contributed by atoms with Crippen molar-refractivity contribution in [2.45, 2.75) is 11.8 Å². The van der Waals surface area contributed by atoms with Gasteiger partial charge in [-0.3, -0.25) is 5.10 Å². The number of aromatic nitrogens is 3. The number of carbonyl (C=O) groups excluding carboxylic acids is 1. The van der Waals surface area contributed by atoms with Gasteiger partial charge in [-0.25, -0.2) is 9.78 Å². The number of aryl methyl sites for hydroxylation is 1. The van der Waals surface area contributed by atoms with Crippen LogP contribution in [0.15, 0.2) is 23.1 Å². The summed E-state index contributed by atoms with van der Waals surface area (Å²) in [5.41, 5.74) is 12.6. The third kappa shape index (κ3) is 2.71. The lowest BCUT2D eigenvalue weighted by Gasteiger charge is -2.02. The Morgan fingerprint density at radius 3 is 2.74 bits per heavy atom. The predicted molar refractivity (Wildman–Crippen MR) is 84.2 cm³/mol. The second kappa shape index (κ2) is 5.21. The first-order chi connectivity index (χ1) is 10.8. The monoisotopic (exact) mass is 353 g/mol. The molecule has 3 aromatic rings. The zero-order valence-corrected chi connectivity index (χ0v) is 13.4. The van der Waals surface area contributed by atoms with Gasteiger partial charge in [0.25, 0.3) is 0 Å². The van der Waals surface area contributed by atoms with E-state index in [0.717, 1.165) is 5.69 Å².